The number of carbonyl (C=O) groups is 1. The van der Waals surface area contributed by atoms with Crippen molar-refractivity contribution in [1.29, 1.82) is 0 Å². The van der Waals surface area contributed by atoms with Crippen molar-refractivity contribution in [2.24, 2.45) is 0 Å². The quantitative estimate of drug-likeness (QED) is 0.128. The molecule has 0 amide bonds. The lowest BCUT2D eigenvalue weighted by atomic mass is 9.92. The molecule has 5 rings (SSSR count). The maximum atomic E-state index is 13.0. The fourth-order valence-electron chi connectivity index (χ4n) is 4.77. The third-order valence-electron chi connectivity index (χ3n) is 6.52. The molecule has 0 fully saturated rings. The van der Waals surface area contributed by atoms with E-state index in [0.29, 0.717) is 17.1 Å². The minimum atomic E-state index is -4.20. The first-order valence-electron chi connectivity index (χ1n) is 12.1. The number of ether oxygens (including phenoxy) is 2. The molecule has 1 aliphatic rings. The molecule has 0 unspecified atom stereocenters. The van der Waals surface area contributed by atoms with Crippen molar-refractivity contribution < 1.29 is 27.4 Å². The van der Waals surface area contributed by atoms with E-state index in [-0.39, 0.29) is 13.0 Å². The van der Waals surface area contributed by atoms with E-state index in [4.69, 9.17) is 9.47 Å². The number of halogens is 3. The maximum absolute atomic E-state index is 13.0. The van der Waals surface area contributed by atoms with Gasteiger partial charge in [-0.1, -0.05) is 54.6 Å². The maximum Gasteiger partial charge on any atom is 0.389 e. The minimum Gasteiger partial charge on any atom is -0.494 e. The normalized spacial score (nSPS) is 12.1. The summed E-state index contributed by atoms with van der Waals surface area (Å²) in [6.45, 7) is 2.06. The van der Waals surface area contributed by atoms with Crippen LogP contribution in [0.15, 0.2) is 84.9 Å². The molecular weight excluding hydrogens is 477 g/mol. The van der Waals surface area contributed by atoms with Crippen molar-refractivity contribution in [3.63, 3.8) is 0 Å². The molecule has 0 heterocycles. The van der Waals surface area contributed by atoms with Crippen LogP contribution < -0.4 is 9.47 Å². The van der Waals surface area contributed by atoms with Crippen molar-refractivity contribution in [2.75, 3.05) is 6.61 Å². The van der Waals surface area contributed by atoms with E-state index < -0.39 is 18.6 Å². The monoisotopic (exact) mass is 502 g/mol. The SMILES string of the molecule is Cc1ccc(-c2ccccc2OC(=O)c2ccc(OCCCC(F)(F)F)cc2)c2c1-c1ccccc1C2. The van der Waals surface area contributed by atoms with Crippen molar-refractivity contribution >= 4 is 5.97 Å². The number of para-hydroxylation sites is 1. The Morgan fingerprint density at radius 2 is 1.54 bits per heavy atom. The van der Waals surface area contributed by atoms with Gasteiger partial charge in [0, 0.05) is 12.0 Å². The van der Waals surface area contributed by atoms with Gasteiger partial charge in [-0.15, -0.1) is 0 Å². The second kappa shape index (κ2) is 10.1. The Labute approximate surface area is 213 Å². The van der Waals surface area contributed by atoms with Crippen LogP contribution >= 0.6 is 0 Å². The zero-order chi connectivity index (χ0) is 26.0. The van der Waals surface area contributed by atoms with E-state index in [2.05, 4.69) is 37.3 Å². The predicted octanol–water partition coefficient (Wildman–Crippen LogP) is 8.17. The van der Waals surface area contributed by atoms with Gasteiger partial charge in [-0.05, 0) is 83.5 Å². The topological polar surface area (TPSA) is 35.5 Å². The first-order valence-corrected chi connectivity index (χ1v) is 12.1. The van der Waals surface area contributed by atoms with Gasteiger partial charge in [0.15, 0.2) is 0 Å². The molecule has 188 valence electrons. The van der Waals surface area contributed by atoms with Gasteiger partial charge >= 0.3 is 12.1 Å². The van der Waals surface area contributed by atoms with Crippen LogP contribution in [-0.2, 0) is 6.42 Å². The van der Waals surface area contributed by atoms with Crippen molar-refractivity contribution in [3.05, 3.63) is 107 Å². The van der Waals surface area contributed by atoms with Gasteiger partial charge < -0.3 is 9.47 Å². The van der Waals surface area contributed by atoms with Crippen LogP contribution in [0.3, 0.4) is 0 Å². The van der Waals surface area contributed by atoms with Crippen LogP contribution in [0.4, 0.5) is 13.2 Å². The molecule has 0 saturated heterocycles. The first-order chi connectivity index (χ1) is 17.8. The summed E-state index contributed by atoms with van der Waals surface area (Å²) in [5, 5.41) is 0. The van der Waals surface area contributed by atoms with E-state index >= 15 is 0 Å². The number of benzene rings is 4. The van der Waals surface area contributed by atoms with Gasteiger partial charge in [0.1, 0.15) is 11.5 Å². The van der Waals surface area contributed by atoms with Gasteiger partial charge in [-0.3, -0.25) is 0 Å². The van der Waals surface area contributed by atoms with Gasteiger partial charge in [-0.2, -0.15) is 13.2 Å². The summed E-state index contributed by atoms with van der Waals surface area (Å²) < 4.78 is 48.0. The predicted molar refractivity (Wildman–Crippen MR) is 137 cm³/mol. The molecule has 3 nitrogen and oxygen atoms in total. The Hall–Kier alpha value is -4.06. The molecule has 0 saturated carbocycles. The van der Waals surface area contributed by atoms with Crippen LogP contribution in [0.2, 0.25) is 0 Å². The lowest BCUT2D eigenvalue weighted by Gasteiger charge is -2.15. The molecule has 0 bridgehead atoms. The summed E-state index contributed by atoms with van der Waals surface area (Å²) in [7, 11) is 0. The zero-order valence-corrected chi connectivity index (χ0v) is 20.3. The van der Waals surface area contributed by atoms with Gasteiger partial charge in [0.25, 0.3) is 0 Å². The molecule has 0 N–H and O–H groups in total. The Kier molecular flexibility index (Phi) is 6.74. The number of rotatable bonds is 7. The summed E-state index contributed by atoms with van der Waals surface area (Å²) in [4.78, 5) is 13.0. The highest BCUT2D eigenvalue weighted by atomic mass is 19.4. The largest absolute Gasteiger partial charge is 0.494 e. The third-order valence-corrected chi connectivity index (χ3v) is 6.52. The minimum absolute atomic E-state index is 0.0541. The van der Waals surface area contributed by atoms with Crippen LogP contribution in [0.1, 0.15) is 39.9 Å². The molecule has 1 aliphatic carbocycles. The highest BCUT2D eigenvalue weighted by Gasteiger charge is 2.26. The second-order valence-corrected chi connectivity index (χ2v) is 9.09. The van der Waals surface area contributed by atoms with Crippen molar-refractivity contribution in [3.8, 4) is 33.8 Å². The molecule has 6 heteroatoms. The first kappa shape index (κ1) is 24.6. The number of hydrogen-bond donors (Lipinski definition) is 0. The van der Waals surface area contributed by atoms with E-state index in [9.17, 15) is 18.0 Å². The number of esters is 1. The summed E-state index contributed by atoms with van der Waals surface area (Å²) in [5.41, 5.74) is 8.37. The Bertz CT molecular complexity index is 1440. The lowest BCUT2D eigenvalue weighted by Crippen LogP contribution is -2.10. The van der Waals surface area contributed by atoms with E-state index in [0.717, 1.165) is 17.5 Å². The molecule has 0 spiro atoms. The van der Waals surface area contributed by atoms with Gasteiger partial charge in [0.2, 0.25) is 0 Å². The molecule has 0 radical (unpaired) electrons. The molecule has 4 aromatic carbocycles. The molecule has 37 heavy (non-hydrogen) atoms. The summed E-state index contributed by atoms with van der Waals surface area (Å²) >= 11 is 0. The number of alkyl halides is 3. The number of fused-ring (bicyclic) bond motifs is 3. The van der Waals surface area contributed by atoms with Crippen LogP contribution in [-0.4, -0.2) is 18.8 Å². The average molecular weight is 503 g/mol. The second-order valence-electron chi connectivity index (χ2n) is 9.09. The molecule has 0 aliphatic heterocycles. The molecule has 0 aromatic heterocycles. The Balaban J connectivity index is 1.34. The van der Waals surface area contributed by atoms with Crippen LogP contribution in [0, 0.1) is 6.92 Å². The highest BCUT2D eigenvalue weighted by molar-refractivity contribution is 5.93. The lowest BCUT2D eigenvalue weighted by molar-refractivity contribution is -0.136. The average Bonchev–Trinajstić information content (AvgIpc) is 3.28. The van der Waals surface area contributed by atoms with Gasteiger partial charge in [-0.25, -0.2) is 4.79 Å². The van der Waals surface area contributed by atoms with E-state index in [1.165, 1.54) is 27.8 Å². The summed E-state index contributed by atoms with van der Waals surface area (Å²) in [6.07, 6.45) is -4.41. The Morgan fingerprint density at radius 1 is 0.838 bits per heavy atom. The fraction of sp³-hybridized carbons (Fsp3) is 0.194. The van der Waals surface area contributed by atoms with Crippen molar-refractivity contribution in [2.45, 2.75) is 32.4 Å². The standard InChI is InChI=1S/C31H25F3O3/c1-20-11-16-25(27-19-22-7-2-3-8-24(22)29(20)27)26-9-4-5-10-28(26)37-30(35)21-12-14-23(15-13-21)36-18-6-17-31(32,33)34/h2-5,7-16H,6,17-19H2,1H3. The van der Waals surface area contributed by atoms with Crippen molar-refractivity contribution in [1.82, 2.24) is 0 Å². The zero-order valence-electron chi connectivity index (χ0n) is 20.3. The molecular formula is C31H25F3O3. The molecule has 4 aromatic rings. The third kappa shape index (κ3) is 5.38. The number of carbonyl (C=O) groups excluding carboxylic acids is 1. The van der Waals surface area contributed by atoms with Gasteiger partial charge in [0.05, 0.1) is 12.2 Å². The summed E-state index contributed by atoms with van der Waals surface area (Å²) in [6, 6.07) is 26.3. The fourth-order valence-corrected chi connectivity index (χ4v) is 4.77. The van der Waals surface area contributed by atoms with E-state index in [1.807, 2.05) is 24.3 Å². The van der Waals surface area contributed by atoms with Crippen LogP contribution in [0.25, 0.3) is 22.3 Å². The Morgan fingerprint density at radius 3 is 2.30 bits per heavy atom. The molecule has 0 atom stereocenters. The smallest absolute Gasteiger partial charge is 0.389 e. The summed E-state index contributed by atoms with van der Waals surface area (Å²) in [5.74, 6) is 0.332. The number of aryl methyl sites for hydroxylation is 1. The number of hydrogen-bond acceptors (Lipinski definition) is 3. The highest BCUT2D eigenvalue weighted by Crippen LogP contribution is 2.45. The van der Waals surface area contributed by atoms with E-state index in [1.54, 1.807) is 30.3 Å². The van der Waals surface area contributed by atoms with Crippen LogP contribution in [0.5, 0.6) is 11.5 Å².